The molecule has 2 rings (SSSR count). The van der Waals surface area contributed by atoms with Crippen LogP contribution in [0.4, 0.5) is 0 Å². The summed E-state index contributed by atoms with van der Waals surface area (Å²) in [5.41, 5.74) is 1.35. The normalized spacial score (nSPS) is 19.5. The van der Waals surface area contributed by atoms with E-state index < -0.39 is 12.6 Å². The molecule has 1 aromatic rings. The maximum atomic E-state index is 11.6. The zero-order valence-electron chi connectivity index (χ0n) is 19.2. The number of benzene rings is 1. The molecule has 6 heteroatoms. The second kappa shape index (κ2) is 14.7. The van der Waals surface area contributed by atoms with Gasteiger partial charge in [-0.3, -0.25) is 0 Å². The SMILES string of the molecule is C=C(CO)C(=O)OCC(CO)C1CCC(O/C=C\Oc2ccc(CCCCC)cc2)CC1. The summed E-state index contributed by atoms with van der Waals surface area (Å²) in [6.45, 7) is 5.33. The van der Waals surface area contributed by atoms with Crippen molar-refractivity contribution in [2.24, 2.45) is 11.8 Å². The number of carbonyl (C=O) groups excluding carboxylic acids is 1. The number of aliphatic hydroxyl groups is 2. The highest BCUT2D eigenvalue weighted by molar-refractivity contribution is 5.87. The number of hydrogen-bond donors (Lipinski definition) is 2. The maximum Gasteiger partial charge on any atom is 0.335 e. The van der Waals surface area contributed by atoms with Gasteiger partial charge in [0.2, 0.25) is 0 Å². The van der Waals surface area contributed by atoms with Crippen LogP contribution in [0.1, 0.15) is 57.4 Å². The van der Waals surface area contributed by atoms with Crippen molar-refractivity contribution in [1.29, 1.82) is 0 Å². The second-order valence-electron chi connectivity index (χ2n) is 8.47. The van der Waals surface area contributed by atoms with Crippen molar-refractivity contribution in [2.75, 3.05) is 19.8 Å². The molecule has 1 saturated carbocycles. The number of aryl methyl sites for hydroxylation is 1. The number of unbranched alkanes of at least 4 members (excludes halogenated alkanes) is 2. The van der Waals surface area contributed by atoms with E-state index in [9.17, 15) is 9.90 Å². The van der Waals surface area contributed by atoms with Gasteiger partial charge in [0.15, 0.2) is 0 Å². The summed E-state index contributed by atoms with van der Waals surface area (Å²) < 4.78 is 16.6. The van der Waals surface area contributed by atoms with Gasteiger partial charge >= 0.3 is 5.97 Å². The van der Waals surface area contributed by atoms with E-state index in [0.29, 0.717) is 0 Å². The van der Waals surface area contributed by atoms with E-state index in [0.717, 1.165) is 37.9 Å². The Morgan fingerprint density at radius 3 is 2.47 bits per heavy atom. The fourth-order valence-electron chi connectivity index (χ4n) is 3.95. The molecule has 1 fully saturated rings. The van der Waals surface area contributed by atoms with Crippen LogP contribution in [0.15, 0.2) is 48.9 Å². The average Bonchev–Trinajstić information content (AvgIpc) is 2.83. The number of aliphatic hydroxyl groups excluding tert-OH is 2. The second-order valence-corrected chi connectivity index (χ2v) is 8.47. The highest BCUT2D eigenvalue weighted by Gasteiger charge is 2.28. The summed E-state index contributed by atoms with van der Waals surface area (Å²) in [5.74, 6) is 0.331. The van der Waals surface area contributed by atoms with Gasteiger partial charge in [0, 0.05) is 12.5 Å². The van der Waals surface area contributed by atoms with Crippen LogP contribution in [-0.2, 0) is 20.7 Å². The minimum Gasteiger partial charge on any atom is -0.495 e. The van der Waals surface area contributed by atoms with Crippen LogP contribution in [0.5, 0.6) is 5.75 Å². The van der Waals surface area contributed by atoms with Crippen molar-refractivity contribution in [3.05, 3.63) is 54.5 Å². The third-order valence-electron chi connectivity index (χ3n) is 6.05. The molecule has 0 heterocycles. The molecular formula is C26H38O6. The van der Waals surface area contributed by atoms with E-state index in [1.165, 1.54) is 24.8 Å². The lowest BCUT2D eigenvalue weighted by atomic mass is 9.79. The Kier molecular flexibility index (Phi) is 11.9. The molecule has 0 radical (unpaired) electrons. The predicted molar refractivity (Wildman–Crippen MR) is 124 cm³/mol. The number of carbonyl (C=O) groups is 1. The van der Waals surface area contributed by atoms with Gasteiger partial charge in [0.25, 0.3) is 0 Å². The van der Waals surface area contributed by atoms with Crippen LogP contribution in [0.3, 0.4) is 0 Å². The predicted octanol–water partition coefficient (Wildman–Crippen LogP) is 4.54. The standard InChI is InChI=1S/C26H38O6/c1-3-4-5-6-21-7-11-24(12-8-21)30-15-16-31-25-13-9-22(10-14-25)23(18-28)19-32-26(29)20(2)17-27/h7-8,11-12,15-16,22-23,25,27-28H,2-6,9-10,13-14,17-19H2,1H3/b16-15-. The van der Waals surface area contributed by atoms with Crippen LogP contribution < -0.4 is 4.74 Å². The van der Waals surface area contributed by atoms with Gasteiger partial charge in [-0.1, -0.05) is 38.5 Å². The summed E-state index contributed by atoms with van der Waals surface area (Å²) in [5, 5.41) is 18.6. The number of hydrogen-bond acceptors (Lipinski definition) is 6. The Morgan fingerprint density at radius 1 is 1.12 bits per heavy atom. The van der Waals surface area contributed by atoms with Crippen LogP contribution in [-0.4, -0.2) is 42.1 Å². The molecule has 2 N–H and O–H groups in total. The van der Waals surface area contributed by atoms with Gasteiger partial charge in [-0.2, -0.15) is 0 Å². The van der Waals surface area contributed by atoms with Crippen molar-refractivity contribution in [1.82, 2.24) is 0 Å². The van der Waals surface area contributed by atoms with Crippen molar-refractivity contribution >= 4 is 5.97 Å². The Bertz CT molecular complexity index is 704. The summed E-state index contributed by atoms with van der Waals surface area (Å²) in [6, 6.07) is 8.17. The molecule has 1 aliphatic rings. The molecule has 0 saturated heterocycles. The van der Waals surface area contributed by atoms with E-state index in [2.05, 4.69) is 25.6 Å². The van der Waals surface area contributed by atoms with Gasteiger partial charge in [-0.15, -0.1) is 0 Å². The highest BCUT2D eigenvalue weighted by Crippen LogP contribution is 2.32. The fourth-order valence-corrected chi connectivity index (χ4v) is 3.95. The lowest BCUT2D eigenvalue weighted by Crippen LogP contribution is -2.30. The molecule has 1 atom stereocenters. The van der Waals surface area contributed by atoms with E-state index >= 15 is 0 Å². The first-order valence-electron chi connectivity index (χ1n) is 11.7. The van der Waals surface area contributed by atoms with E-state index in [1.807, 2.05) is 12.1 Å². The van der Waals surface area contributed by atoms with Crippen molar-refractivity contribution in [2.45, 2.75) is 64.4 Å². The van der Waals surface area contributed by atoms with Crippen LogP contribution in [0.2, 0.25) is 0 Å². The van der Waals surface area contributed by atoms with E-state index in [-0.39, 0.29) is 36.7 Å². The van der Waals surface area contributed by atoms with Crippen LogP contribution >= 0.6 is 0 Å². The number of esters is 1. The van der Waals surface area contributed by atoms with Crippen molar-refractivity contribution in [3.8, 4) is 5.75 Å². The molecule has 0 amide bonds. The van der Waals surface area contributed by atoms with Crippen molar-refractivity contribution < 1.29 is 29.2 Å². The van der Waals surface area contributed by atoms with Gasteiger partial charge in [-0.25, -0.2) is 4.79 Å². The maximum absolute atomic E-state index is 11.6. The minimum absolute atomic E-state index is 0.0238. The lowest BCUT2D eigenvalue weighted by molar-refractivity contribution is -0.142. The van der Waals surface area contributed by atoms with Crippen LogP contribution in [0, 0.1) is 11.8 Å². The van der Waals surface area contributed by atoms with Crippen molar-refractivity contribution in [3.63, 3.8) is 0 Å². The Hall–Kier alpha value is -2.31. The Balaban J connectivity index is 1.66. The summed E-state index contributed by atoms with van der Waals surface area (Å²) in [4.78, 5) is 11.6. The third kappa shape index (κ3) is 9.05. The Morgan fingerprint density at radius 2 is 1.84 bits per heavy atom. The van der Waals surface area contributed by atoms with Gasteiger partial charge in [0.1, 0.15) is 18.3 Å². The highest BCUT2D eigenvalue weighted by atomic mass is 16.5. The molecule has 0 spiro atoms. The lowest BCUT2D eigenvalue weighted by Gasteiger charge is -2.32. The van der Waals surface area contributed by atoms with Crippen LogP contribution in [0.25, 0.3) is 0 Å². The molecule has 0 aliphatic heterocycles. The average molecular weight is 447 g/mol. The summed E-state index contributed by atoms with van der Waals surface area (Å²) in [6.07, 6.45) is 11.6. The molecule has 0 bridgehead atoms. The zero-order chi connectivity index (χ0) is 23.2. The van der Waals surface area contributed by atoms with E-state index in [4.69, 9.17) is 19.3 Å². The monoisotopic (exact) mass is 446 g/mol. The van der Waals surface area contributed by atoms with E-state index in [1.54, 1.807) is 12.5 Å². The first-order chi connectivity index (χ1) is 15.6. The van der Waals surface area contributed by atoms with Gasteiger partial charge in [-0.05, 0) is 62.1 Å². The largest absolute Gasteiger partial charge is 0.495 e. The Labute approximate surface area is 191 Å². The molecular weight excluding hydrogens is 408 g/mol. The first-order valence-corrected chi connectivity index (χ1v) is 11.7. The molecule has 32 heavy (non-hydrogen) atoms. The smallest absolute Gasteiger partial charge is 0.335 e. The van der Waals surface area contributed by atoms with Gasteiger partial charge in [0.05, 0.1) is 24.9 Å². The molecule has 0 aromatic heterocycles. The number of ether oxygens (including phenoxy) is 3. The first kappa shape index (κ1) is 25.9. The molecule has 1 aliphatic carbocycles. The summed E-state index contributed by atoms with van der Waals surface area (Å²) >= 11 is 0. The molecule has 6 nitrogen and oxygen atoms in total. The quantitative estimate of drug-likeness (QED) is 0.189. The molecule has 178 valence electrons. The molecule has 1 aromatic carbocycles. The number of rotatable bonds is 14. The fraction of sp³-hybridized carbons (Fsp3) is 0.577. The topological polar surface area (TPSA) is 85.2 Å². The molecule has 1 unspecified atom stereocenters. The third-order valence-corrected chi connectivity index (χ3v) is 6.05. The zero-order valence-corrected chi connectivity index (χ0v) is 19.2. The van der Waals surface area contributed by atoms with Gasteiger partial charge < -0.3 is 24.4 Å². The summed E-state index contributed by atoms with van der Waals surface area (Å²) in [7, 11) is 0. The minimum atomic E-state index is -0.612.